The number of aromatic nitrogens is 1. The number of ether oxygens (including phenoxy) is 1. The SMILES string of the molecule is COc1ccc2oc(C(Cl)c3ccccc3)nc2c1. The molecule has 0 saturated carbocycles. The molecular weight excluding hydrogens is 262 g/mol. The summed E-state index contributed by atoms with van der Waals surface area (Å²) in [5, 5.41) is -0.389. The second-order valence-corrected chi connectivity index (χ2v) is 4.60. The van der Waals surface area contributed by atoms with Crippen LogP contribution >= 0.6 is 11.6 Å². The lowest BCUT2D eigenvalue weighted by Crippen LogP contribution is -1.92. The minimum absolute atomic E-state index is 0.389. The predicted molar refractivity (Wildman–Crippen MR) is 74.7 cm³/mol. The maximum Gasteiger partial charge on any atom is 0.218 e. The van der Waals surface area contributed by atoms with Gasteiger partial charge in [-0.1, -0.05) is 30.3 Å². The molecule has 0 saturated heterocycles. The maximum absolute atomic E-state index is 6.39. The van der Waals surface area contributed by atoms with Crippen LogP contribution in [0.4, 0.5) is 0 Å². The highest BCUT2D eigenvalue weighted by molar-refractivity contribution is 6.22. The molecule has 1 aromatic heterocycles. The number of benzene rings is 2. The third-order valence-corrected chi connectivity index (χ3v) is 3.36. The van der Waals surface area contributed by atoms with Crippen LogP contribution in [-0.2, 0) is 0 Å². The highest BCUT2D eigenvalue weighted by Gasteiger charge is 2.17. The van der Waals surface area contributed by atoms with Gasteiger partial charge in [0.25, 0.3) is 0 Å². The number of fused-ring (bicyclic) bond motifs is 1. The summed E-state index contributed by atoms with van der Waals surface area (Å²) in [4.78, 5) is 4.42. The van der Waals surface area contributed by atoms with Crippen molar-refractivity contribution in [1.82, 2.24) is 4.98 Å². The average Bonchev–Trinajstić information content (AvgIpc) is 2.90. The van der Waals surface area contributed by atoms with Gasteiger partial charge in [-0.2, -0.15) is 0 Å². The fourth-order valence-electron chi connectivity index (χ4n) is 1.93. The van der Waals surface area contributed by atoms with Gasteiger partial charge in [-0.15, -0.1) is 11.6 Å². The summed E-state index contributed by atoms with van der Waals surface area (Å²) >= 11 is 6.39. The molecule has 19 heavy (non-hydrogen) atoms. The van der Waals surface area contributed by atoms with E-state index < -0.39 is 0 Å². The quantitative estimate of drug-likeness (QED) is 0.672. The summed E-state index contributed by atoms with van der Waals surface area (Å²) in [5.74, 6) is 1.24. The van der Waals surface area contributed by atoms with Crippen molar-refractivity contribution in [2.75, 3.05) is 7.11 Å². The van der Waals surface area contributed by atoms with E-state index in [2.05, 4.69) is 4.98 Å². The first-order chi connectivity index (χ1) is 9.28. The first-order valence-corrected chi connectivity index (χ1v) is 6.35. The molecule has 0 radical (unpaired) electrons. The first-order valence-electron chi connectivity index (χ1n) is 5.91. The normalized spacial score (nSPS) is 12.5. The Balaban J connectivity index is 2.01. The van der Waals surface area contributed by atoms with Crippen LogP contribution in [0.1, 0.15) is 16.8 Å². The van der Waals surface area contributed by atoms with Crippen molar-refractivity contribution in [3.8, 4) is 5.75 Å². The second kappa shape index (κ2) is 4.94. The standard InChI is InChI=1S/C15H12ClNO2/c1-18-11-7-8-13-12(9-11)17-15(19-13)14(16)10-5-3-2-4-6-10/h2-9,14H,1H3. The van der Waals surface area contributed by atoms with Crippen molar-refractivity contribution in [3.63, 3.8) is 0 Å². The molecule has 0 aliphatic rings. The van der Waals surface area contributed by atoms with Gasteiger partial charge in [-0.3, -0.25) is 0 Å². The van der Waals surface area contributed by atoms with Gasteiger partial charge in [0.15, 0.2) is 5.58 Å². The van der Waals surface area contributed by atoms with Gasteiger partial charge in [0.05, 0.1) is 7.11 Å². The highest BCUT2D eigenvalue weighted by atomic mass is 35.5. The summed E-state index contributed by atoms with van der Waals surface area (Å²) < 4.78 is 10.8. The molecule has 3 aromatic rings. The van der Waals surface area contributed by atoms with Gasteiger partial charge in [0, 0.05) is 6.07 Å². The number of alkyl halides is 1. The van der Waals surface area contributed by atoms with E-state index in [1.807, 2.05) is 48.5 Å². The Bertz CT molecular complexity index is 694. The van der Waals surface area contributed by atoms with Crippen molar-refractivity contribution in [1.29, 1.82) is 0 Å². The molecular formula is C15H12ClNO2. The fourth-order valence-corrected chi connectivity index (χ4v) is 2.16. The van der Waals surface area contributed by atoms with E-state index in [1.54, 1.807) is 7.11 Å². The van der Waals surface area contributed by atoms with E-state index >= 15 is 0 Å². The van der Waals surface area contributed by atoms with Crippen LogP contribution < -0.4 is 4.74 Å². The molecule has 0 fully saturated rings. The lowest BCUT2D eigenvalue weighted by atomic mass is 10.1. The minimum Gasteiger partial charge on any atom is -0.497 e. The van der Waals surface area contributed by atoms with E-state index in [0.29, 0.717) is 11.5 Å². The first kappa shape index (κ1) is 12.1. The number of halogens is 1. The Hall–Kier alpha value is -2.00. The Kier molecular flexibility index (Phi) is 3.13. The molecule has 1 heterocycles. The van der Waals surface area contributed by atoms with E-state index in [4.69, 9.17) is 20.8 Å². The van der Waals surface area contributed by atoms with Gasteiger partial charge in [-0.25, -0.2) is 4.98 Å². The molecule has 0 aliphatic carbocycles. The predicted octanol–water partition coefficient (Wildman–Crippen LogP) is 4.16. The third kappa shape index (κ3) is 2.29. The van der Waals surface area contributed by atoms with Gasteiger partial charge >= 0.3 is 0 Å². The molecule has 3 rings (SSSR count). The van der Waals surface area contributed by atoms with Gasteiger partial charge in [0.1, 0.15) is 16.6 Å². The molecule has 96 valence electrons. The van der Waals surface area contributed by atoms with Gasteiger partial charge < -0.3 is 9.15 Å². The van der Waals surface area contributed by atoms with Crippen LogP contribution in [0, 0.1) is 0 Å². The summed E-state index contributed by atoms with van der Waals surface area (Å²) in [7, 11) is 1.62. The van der Waals surface area contributed by atoms with E-state index in [9.17, 15) is 0 Å². The van der Waals surface area contributed by atoms with Crippen molar-refractivity contribution in [2.45, 2.75) is 5.38 Å². The molecule has 1 atom stereocenters. The third-order valence-electron chi connectivity index (χ3n) is 2.92. The number of hydrogen-bond acceptors (Lipinski definition) is 3. The summed E-state index contributed by atoms with van der Waals surface area (Å²) in [5.41, 5.74) is 2.41. The Morgan fingerprint density at radius 3 is 2.68 bits per heavy atom. The maximum atomic E-state index is 6.39. The molecule has 0 spiro atoms. The van der Waals surface area contributed by atoms with Crippen molar-refractivity contribution < 1.29 is 9.15 Å². The highest BCUT2D eigenvalue weighted by Crippen LogP contribution is 2.31. The number of nitrogens with zero attached hydrogens (tertiary/aromatic N) is 1. The molecule has 0 bridgehead atoms. The monoisotopic (exact) mass is 273 g/mol. The van der Waals surface area contributed by atoms with Crippen LogP contribution in [0.3, 0.4) is 0 Å². The molecule has 0 amide bonds. The number of hydrogen-bond donors (Lipinski definition) is 0. The van der Waals surface area contributed by atoms with Crippen LogP contribution in [-0.4, -0.2) is 12.1 Å². The summed E-state index contributed by atoms with van der Waals surface area (Å²) in [6, 6.07) is 15.2. The molecule has 4 heteroatoms. The van der Waals surface area contributed by atoms with Crippen LogP contribution in [0.25, 0.3) is 11.1 Å². The summed E-state index contributed by atoms with van der Waals surface area (Å²) in [6.45, 7) is 0. The molecule has 0 aliphatic heterocycles. The van der Waals surface area contributed by atoms with Crippen molar-refractivity contribution in [3.05, 3.63) is 60.0 Å². The van der Waals surface area contributed by atoms with E-state index in [0.717, 1.165) is 16.8 Å². The Labute approximate surface area is 115 Å². The largest absolute Gasteiger partial charge is 0.497 e. The summed E-state index contributed by atoms with van der Waals surface area (Å²) in [6.07, 6.45) is 0. The Morgan fingerprint density at radius 2 is 1.95 bits per heavy atom. The van der Waals surface area contributed by atoms with Crippen molar-refractivity contribution in [2.24, 2.45) is 0 Å². The minimum atomic E-state index is -0.389. The topological polar surface area (TPSA) is 35.3 Å². The Morgan fingerprint density at radius 1 is 1.16 bits per heavy atom. The number of methoxy groups -OCH3 is 1. The lowest BCUT2D eigenvalue weighted by molar-refractivity contribution is 0.415. The molecule has 1 unspecified atom stereocenters. The van der Waals surface area contributed by atoms with E-state index in [-0.39, 0.29) is 5.38 Å². The number of oxazole rings is 1. The molecule has 3 nitrogen and oxygen atoms in total. The number of rotatable bonds is 3. The van der Waals surface area contributed by atoms with Crippen LogP contribution in [0.2, 0.25) is 0 Å². The smallest absolute Gasteiger partial charge is 0.218 e. The van der Waals surface area contributed by atoms with Gasteiger partial charge in [0.2, 0.25) is 5.89 Å². The second-order valence-electron chi connectivity index (χ2n) is 4.16. The van der Waals surface area contributed by atoms with Gasteiger partial charge in [-0.05, 0) is 17.7 Å². The average molecular weight is 274 g/mol. The lowest BCUT2D eigenvalue weighted by Gasteiger charge is -2.04. The molecule has 2 aromatic carbocycles. The van der Waals surface area contributed by atoms with E-state index in [1.165, 1.54) is 0 Å². The van der Waals surface area contributed by atoms with Crippen LogP contribution in [0.5, 0.6) is 5.75 Å². The zero-order valence-electron chi connectivity index (χ0n) is 10.3. The van der Waals surface area contributed by atoms with Crippen molar-refractivity contribution >= 4 is 22.7 Å². The zero-order valence-corrected chi connectivity index (χ0v) is 11.1. The zero-order chi connectivity index (χ0) is 13.2. The fraction of sp³-hybridized carbons (Fsp3) is 0.133. The van der Waals surface area contributed by atoms with Crippen LogP contribution in [0.15, 0.2) is 52.9 Å². The molecule has 0 N–H and O–H groups in total.